The summed E-state index contributed by atoms with van der Waals surface area (Å²) in [5.41, 5.74) is 0. The van der Waals surface area contributed by atoms with Gasteiger partial charge in [0.1, 0.15) is 0 Å². The second kappa shape index (κ2) is 3.01. The van der Waals surface area contributed by atoms with Crippen LogP contribution in [0.25, 0.3) is 0 Å². The second-order valence-electron chi connectivity index (χ2n) is 2.94. The molecule has 3 nitrogen and oxygen atoms in total. The van der Waals surface area contributed by atoms with Crippen LogP contribution in [-0.4, -0.2) is 23.2 Å². The van der Waals surface area contributed by atoms with E-state index in [0.717, 1.165) is 12.8 Å². The molecule has 2 atom stereocenters. The SMILES string of the molecule is C[C@@H]1CC[C@H](CC(=O)O)N1. The van der Waals surface area contributed by atoms with Crippen LogP contribution < -0.4 is 5.32 Å². The van der Waals surface area contributed by atoms with Gasteiger partial charge in [0, 0.05) is 12.1 Å². The number of hydrogen-bond acceptors (Lipinski definition) is 2. The molecule has 1 heterocycles. The molecule has 3 heteroatoms. The summed E-state index contributed by atoms with van der Waals surface area (Å²) in [5.74, 6) is -0.702. The minimum Gasteiger partial charge on any atom is -0.481 e. The molecule has 1 aliphatic rings. The minimum atomic E-state index is -0.702. The van der Waals surface area contributed by atoms with Gasteiger partial charge in [-0.25, -0.2) is 0 Å². The first-order valence-electron chi connectivity index (χ1n) is 3.66. The Morgan fingerprint density at radius 2 is 2.40 bits per heavy atom. The number of nitrogens with one attached hydrogen (secondary N) is 1. The van der Waals surface area contributed by atoms with Crippen molar-refractivity contribution < 1.29 is 9.90 Å². The van der Waals surface area contributed by atoms with E-state index in [0.29, 0.717) is 6.04 Å². The highest BCUT2D eigenvalue weighted by Gasteiger charge is 2.21. The summed E-state index contributed by atoms with van der Waals surface area (Å²) in [5, 5.41) is 11.6. The van der Waals surface area contributed by atoms with Crippen molar-refractivity contribution in [2.45, 2.75) is 38.3 Å². The van der Waals surface area contributed by atoms with Gasteiger partial charge in [0.25, 0.3) is 0 Å². The first-order valence-corrected chi connectivity index (χ1v) is 3.66. The van der Waals surface area contributed by atoms with Crippen LogP contribution in [0.4, 0.5) is 0 Å². The fraction of sp³-hybridized carbons (Fsp3) is 0.857. The lowest BCUT2D eigenvalue weighted by Crippen LogP contribution is -2.29. The van der Waals surface area contributed by atoms with Gasteiger partial charge in [0.2, 0.25) is 0 Å². The normalized spacial score (nSPS) is 32.5. The molecular formula is C7H13NO2. The average Bonchev–Trinajstić information content (AvgIpc) is 2.13. The van der Waals surface area contributed by atoms with E-state index >= 15 is 0 Å². The molecule has 0 bridgehead atoms. The molecule has 1 aliphatic heterocycles. The van der Waals surface area contributed by atoms with Crippen molar-refractivity contribution in [2.24, 2.45) is 0 Å². The molecule has 1 rings (SSSR count). The molecule has 1 saturated heterocycles. The van der Waals surface area contributed by atoms with Crippen molar-refractivity contribution in [3.8, 4) is 0 Å². The van der Waals surface area contributed by atoms with Crippen molar-refractivity contribution in [3.05, 3.63) is 0 Å². The van der Waals surface area contributed by atoms with Gasteiger partial charge in [-0.05, 0) is 19.8 Å². The zero-order valence-electron chi connectivity index (χ0n) is 6.13. The molecule has 0 aromatic rings. The fourth-order valence-corrected chi connectivity index (χ4v) is 1.39. The van der Waals surface area contributed by atoms with Gasteiger partial charge in [-0.2, -0.15) is 0 Å². The third-order valence-electron chi connectivity index (χ3n) is 1.89. The third-order valence-corrected chi connectivity index (χ3v) is 1.89. The summed E-state index contributed by atoms with van der Waals surface area (Å²) in [6.45, 7) is 2.09. The molecule has 0 amide bonds. The molecule has 0 spiro atoms. The topological polar surface area (TPSA) is 49.3 Å². The highest BCUT2D eigenvalue weighted by atomic mass is 16.4. The molecule has 0 aromatic heterocycles. The monoisotopic (exact) mass is 143 g/mol. The van der Waals surface area contributed by atoms with Crippen LogP contribution >= 0.6 is 0 Å². The van der Waals surface area contributed by atoms with Crippen molar-refractivity contribution in [2.75, 3.05) is 0 Å². The minimum absolute atomic E-state index is 0.215. The van der Waals surface area contributed by atoms with E-state index in [1.807, 2.05) is 0 Å². The van der Waals surface area contributed by atoms with E-state index < -0.39 is 5.97 Å². The standard InChI is InChI=1S/C7H13NO2/c1-5-2-3-6(8-5)4-7(9)10/h5-6,8H,2-4H2,1H3,(H,9,10)/t5-,6-/m1/s1. The van der Waals surface area contributed by atoms with E-state index in [9.17, 15) is 4.79 Å². The maximum absolute atomic E-state index is 10.2. The number of carboxylic acids is 1. The molecule has 0 radical (unpaired) electrons. The lowest BCUT2D eigenvalue weighted by Gasteiger charge is -2.07. The van der Waals surface area contributed by atoms with E-state index in [4.69, 9.17) is 5.11 Å². The van der Waals surface area contributed by atoms with Crippen LogP contribution in [0.3, 0.4) is 0 Å². The Kier molecular flexibility index (Phi) is 2.27. The fourth-order valence-electron chi connectivity index (χ4n) is 1.39. The zero-order valence-corrected chi connectivity index (χ0v) is 6.13. The molecule has 0 saturated carbocycles. The molecule has 0 aromatic carbocycles. The molecule has 0 unspecified atom stereocenters. The van der Waals surface area contributed by atoms with Gasteiger partial charge in [-0.1, -0.05) is 0 Å². The highest BCUT2D eigenvalue weighted by molar-refractivity contribution is 5.67. The number of carboxylic acid groups (broad SMARTS) is 1. The van der Waals surface area contributed by atoms with Crippen LogP contribution in [0.1, 0.15) is 26.2 Å². The van der Waals surface area contributed by atoms with Gasteiger partial charge in [-0.15, -0.1) is 0 Å². The van der Waals surface area contributed by atoms with Gasteiger partial charge in [-0.3, -0.25) is 4.79 Å². The third kappa shape index (κ3) is 1.99. The summed E-state index contributed by atoms with van der Waals surface area (Å²) < 4.78 is 0. The molecule has 2 N–H and O–H groups in total. The lowest BCUT2D eigenvalue weighted by atomic mass is 10.1. The van der Waals surface area contributed by atoms with Crippen molar-refractivity contribution in [1.29, 1.82) is 0 Å². The summed E-state index contributed by atoms with van der Waals surface area (Å²) in [6, 6.07) is 0.719. The van der Waals surface area contributed by atoms with Gasteiger partial charge < -0.3 is 10.4 Å². The van der Waals surface area contributed by atoms with Crippen molar-refractivity contribution in [3.63, 3.8) is 0 Å². The van der Waals surface area contributed by atoms with E-state index in [1.165, 1.54) is 0 Å². The zero-order chi connectivity index (χ0) is 7.56. The largest absolute Gasteiger partial charge is 0.481 e. The van der Waals surface area contributed by atoms with Crippen molar-refractivity contribution in [1.82, 2.24) is 5.32 Å². The van der Waals surface area contributed by atoms with E-state index in [2.05, 4.69) is 12.2 Å². The van der Waals surface area contributed by atoms with Gasteiger partial charge in [0.15, 0.2) is 0 Å². The number of hydrogen-bond donors (Lipinski definition) is 2. The van der Waals surface area contributed by atoms with Gasteiger partial charge in [0.05, 0.1) is 6.42 Å². The molecule has 0 aliphatic carbocycles. The first-order chi connectivity index (χ1) is 4.68. The Morgan fingerprint density at radius 1 is 1.70 bits per heavy atom. The Morgan fingerprint density at radius 3 is 2.80 bits per heavy atom. The maximum Gasteiger partial charge on any atom is 0.304 e. The second-order valence-corrected chi connectivity index (χ2v) is 2.94. The number of aliphatic carboxylic acids is 1. The van der Waals surface area contributed by atoms with Crippen molar-refractivity contribution >= 4 is 5.97 Å². The van der Waals surface area contributed by atoms with Crippen LogP contribution in [0, 0.1) is 0 Å². The van der Waals surface area contributed by atoms with Gasteiger partial charge >= 0.3 is 5.97 Å². The average molecular weight is 143 g/mol. The summed E-state index contributed by atoms with van der Waals surface area (Å²) in [7, 11) is 0. The molecule has 1 fully saturated rings. The highest BCUT2D eigenvalue weighted by Crippen LogP contribution is 2.13. The number of carbonyl (C=O) groups is 1. The van der Waals surface area contributed by atoms with Crippen LogP contribution in [0.15, 0.2) is 0 Å². The summed E-state index contributed by atoms with van der Waals surface area (Å²) >= 11 is 0. The van der Waals surface area contributed by atoms with Crippen LogP contribution in [0.5, 0.6) is 0 Å². The first kappa shape index (κ1) is 7.54. The molecule has 10 heavy (non-hydrogen) atoms. The van der Waals surface area contributed by atoms with Crippen LogP contribution in [-0.2, 0) is 4.79 Å². The maximum atomic E-state index is 10.2. The Bertz CT molecular complexity index is 136. The smallest absolute Gasteiger partial charge is 0.304 e. The quantitative estimate of drug-likeness (QED) is 0.595. The summed E-state index contributed by atoms with van der Waals surface area (Å²) in [4.78, 5) is 10.2. The summed E-state index contributed by atoms with van der Waals surface area (Å²) in [6.07, 6.45) is 2.38. The Labute approximate surface area is 60.4 Å². The molecule has 58 valence electrons. The predicted octanol–water partition coefficient (Wildman–Crippen LogP) is 0.602. The lowest BCUT2D eigenvalue weighted by molar-refractivity contribution is -0.137. The predicted molar refractivity (Wildman–Crippen MR) is 37.9 cm³/mol. The Balaban J connectivity index is 2.24. The van der Waals surface area contributed by atoms with E-state index in [-0.39, 0.29) is 12.5 Å². The van der Waals surface area contributed by atoms with E-state index in [1.54, 1.807) is 0 Å². The van der Waals surface area contributed by atoms with Crippen LogP contribution in [0.2, 0.25) is 0 Å². The number of rotatable bonds is 2. The molecular weight excluding hydrogens is 130 g/mol. The Hall–Kier alpha value is -0.570.